The lowest BCUT2D eigenvalue weighted by atomic mass is 9.84. The van der Waals surface area contributed by atoms with Crippen molar-refractivity contribution >= 4 is 0 Å². The molecule has 0 aliphatic rings. The Morgan fingerprint density at radius 3 is 1.76 bits per heavy atom. The summed E-state index contributed by atoms with van der Waals surface area (Å²) in [6.07, 6.45) is 12.9. The summed E-state index contributed by atoms with van der Waals surface area (Å²) in [5.41, 5.74) is 2.35. The van der Waals surface area contributed by atoms with E-state index in [1.807, 2.05) is 0 Å². The van der Waals surface area contributed by atoms with E-state index in [4.69, 9.17) is 0 Å². The average molecular weight is 407 g/mol. The zero-order valence-corrected chi connectivity index (χ0v) is 19.9. The third kappa shape index (κ3) is 9.78. The molecule has 3 N–H and O–H groups in total. The van der Waals surface area contributed by atoms with Crippen molar-refractivity contribution < 1.29 is 15.3 Å². The molecule has 0 spiro atoms. The van der Waals surface area contributed by atoms with E-state index >= 15 is 0 Å². The van der Waals surface area contributed by atoms with Crippen LogP contribution < -0.4 is 0 Å². The fourth-order valence-electron chi connectivity index (χ4n) is 3.85. The van der Waals surface area contributed by atoms with Gasteiger partial charge in [-0.2, -0.15) is 0 Å². The molecule has 3 nitrogen and oxygen atoms in total. The van der Waals surface area contributed by atoms with Crippen LogP contribution in [0.4, 0.5) is 0 Å². The smallest absolute Gasteiger partial charge is 0.161 e. The Morgan fingerprint density at radius 2 is 1.17 bits per heavy atom. The van der Waals surface area contributed by atoms with Crippen molar-refractivity contribution in [2.45, 2.75) is 119 Å². The summed E-state index contributed by atoms with van der Waals surface area (Å²) in [5.74, 6) is -0.130. The first kappa shape index (κ1) is 25.7. The number of rotatable bonds is 13. The normalized spacial score (nSPS) is 12.5. The Morgan fingerprint density at radius 1 is 0.655 bits per heavy atom. The maximum absolute atomic E-state index is 10.4. The van der Waals surface area contributed by atoms with E-state index in [1.54, 1.807) is 0 Å². The highest BCUT2D eigenvalue weighted by molar-refractivity contribution is 5.55. The lowest BCUT2D eigenvalue weighted by molar-refractivity contribution is 0.307. The van der Waals surface area contributed by atoms with Gasteiger partial charge in [0.1, 0.15) is 5.75 Å². The number of hydrogen-bond donors (Lipinski definition) is 3. The van der Waals surface area contributed by atoms with Crippen molar-refractivity contribution in [3.05, 3.63) is 17.2 Å². The number of unbranched alkanes of at least 4 members (excludes halogenated alkanes) is 5. The van der Waals surface area contributed by atoms with E-state index in [9.17, 15) is 15.3 Å². The predicted octanol–water partition coefficient (Wildman–Crippen LogP) is 7.88. The Bertz CT molecular complexity index is 611. The van der Waals surface area contributed by atoms with Crippen molar-refractivity contribution in [2.24, 2.45) is 10.8 Å². The summed E-state index contributed by atoms with van der Waals surface area (Å²) in [4.78, 5) is 0. The summed E-state index contributed by atoms with van der Waals surface area (Å²) in [6.45, 7) is 13.7. The molecule has 0 aliphatic heterocycles. The van der Waals surface area contributed by atoms with E-state index in [2.05, 4.69) is 41.5 Å². The second-order valence-electron chi connectivity index (χ2n) is 10.8. The second kappa shape index (κ2) is 11.7. The minimum absolute atomic E-state index is 0.0420. The quantitative estimate of drug-likeness (QED) is 0.177. The topological polar surface area (TPSA) is 60.7 Å². The van der Waals surface area contributed by atoms with Crippen LogP contribution in [0.3, 0.4) is 0 Å². The number of phenolic OH excluding ortho intramolecular Hbond substituents is 3. The van der Waals surface area contributed by atoms with Gasteiger partial charge in [0.2, 0.25) is 0 Å². The molecule has 0 heterocycles. The molecule has 1 rings (SSSR count). The fourth-order valence-corrected chi connectivity index (χ4v) is 3.85. The molecule has 168 valence electrons. The fraction of sp³-hybridized carbons (Fsp3) is 0.769. The third-order valence-corrected chi connectivity index (χ3v) is 6.32. The maximum Gasteiger partial charge on any atom is 0.161 e. The predicted molar refractivity (Wildman–Crippen MR) is 124 cm³/mol. The van der Waals surface area contributed by atoms with E-state index in [-0.39, 0.29) is 17.2 Å². The molecule has 0 fully saturated rings. The van der Waals surface area contributed by atoms with Crippen molar-refractivity contribution in [2.75, 3.05) is 0 Å². The highest BCUT2D eigenvalue weighted by atomic mass is 16.3. The van der Waals surface area contributed by atoms with Crippen LogP contribution in [-0.2, 0) is 12.8 Å². The van der Waals surface area contributed by atoms with Crippen LogP contribution in [0.25, 0.3) is 0 Å². The number of benzene rings is 1. The second-order valence-corrected chi connectivity index (χ2v) is 10.8. The van der Waals surface area contributed by atoms with Crippen LogP contribution in [0, 0.1) is 10.8 Å². The van der Waals surface area contributed by atoms with Gasteiger partial charge in [0, 0.05) is 17.2 Å². The zero-order chi connectivity index (χ0) is 22.1. The van der Waals surface area contributed by atoms with Crippen molar-refractivity contribution in [3.8, 4) is 17.2 Å². The Hall–Kier alpha value is -1.38. The monoisotopic (exact) mass is 406 g/mol. The van der Waals surface area contributed by atoms with E-state index in [0.29, 0.717) is 17.3 Å². The van der Waals surface area contributed by atoms with Crippen molar-refractivity contribution in [3.63, 3.8) is 0 Å². The Labute approximate surface area is 179 Å². The lowest BCUT2D eigenvalue weighted by Gasteiger charge is -2.22. The van der Waals surface area contributed by atoms with Crippen LogP contribution in [0.15, 0.2) is 6.07 Å². The number of hydrogen-bond acceptors (Lipinski definition) is 3. The van der Waals surface area contributed by atoms with Gasteiger partial charge in [-0.05, 0) is 49.4 Å². The molecule has 0 atom stereocenters. The molecule has 0 aliphatic carbocycles. The standard InChI is InChI=1S/C26H46O3/c1-7-26(5,6)18-14-9-8-11-16-21-20(22(27)19-23(28)24(21)29)15-12-10-13-17-25(2,3)4/h19,27-29H,7-18H2,1-6H3. The third-order valence-electron chi connectivity index (χ3n) is 6.32. The summed E-state index contributed by atoms with van der Waals surface area (Å²) in [5, 5.41) is 30.7. The average Bonchev–Trinajstić information content (AvgIpc) is 2.62. The van der Waals surface area contributed by atoms with Gasteiger partial charge in [0.05, 0.1) is 0 Å². The van der Waals surface area contributed by atoms with Gasteiger partial charge in [-0.25, -0.2) is 0 Å². The molecule has 0 saturated heterocycles. The van der Waals surface area contributed by atoms with Crippen LogP contribution in [0.2, 0.25) is 0 Å². The SMILES string of the molecule is CCC(C)(C)CCCCCCc1c(O)c(O)cc(O)c1CCCCCC(C)(C)C. The summed E-state index contributed by atoms with van der Waals surface area (Å²) >= 11 is 0. The molecule has 1 aromatic carbocycles. The van der Waals surface area contributed by atoms with Gasteiger partial charge < -0.3 is 15.3 Å². The molecule has 0 aromatic heterocycles. The lowest BCUT2D eigenvalue weighted by Crippen LogP contribution is -2.08. The minimum atomic E-state index is -0.210. The molecule has 29 heavy (non-hydrogen) atoms. The zero-order valence-electron chi connectivity index (χ0n) is 19.9. The first-order valence-electron chi connectivity index (χ1n) is 11.7. The first-order chi connectivity index (χ1) is 13.5. The first-order valence-corrected chi connectivity index (χ1v) is 11.7. The van der Waals surface area contributed by atoms with E-state index < -0.39 is 0 Å². The number of aromatic hydroxyl groups is 3. The van der Waals surface area contributed by atoms with Crippen molar-refractivity contribution in [1.82, 2.24) is 0 Å². The molecule has 0 radical (unpaired) electrons. The summed E-state index contributed by atoms with van der Waals surface area (Å²) in [6, 6.07) is 1.29. The van der Waals surface area contributed by atoms with Gasteiger partial charge in [-0.15, -0.1) is 0 Å². The van der Waals surface area contributed by atoms with Gasteiger partial charge in [-0.1, -0.05) is 80.1 Å². The molecule has 0 amide bonds. The Kier molecular flexibility index (Phi) is 10.4. The molecule has 0 saturated carbocycles. The van der Waals surface area contributed by atoms with Crippen LogP contribution in [-0.4, -0.2) is 15.3 Å². The number of phenols is 3. The van der Waals surface area contributed by atoms with Gasteiger partial charge in [0.15, 0.2) is 11.5 Å². The maximum atomic E-state index is 10.4. The van der Waals surface area contributed by atoms with E-state index in [1.165, 1.54) is 44.6 Å². The van der Waals surface area contributed by atoms with Crippen LogP contribution >= 0.6 is 0 Å². The minimum Gasteiger partial charge on any atom is -0.508 e. The molecular weight excluding hydrogens is 360 g/mol. The van der Waals surface area contributed by atoms with Gasteiger partial charge in [0.25, 0.3) is 0 Å². The van der Waals surface area contributed by atoms with E-state index in [0.717, 1.165) is 43.2 Å². The highest BCUT2D eigenvalue weighted by Crippen LogP contribution is 2.39. The molecular formula is C26H46O3. The summed E-state index contributed by atoms with van der Waals surface area (Å²) in [7, 11) is 0. The van der Waals surface area contributed by atoms with Gasteiger partial charge >= 0.3 is 0 Å². The van der Waals surface area contributed by atoms with Crippen LogP contribution in [0.1, 0.15) is 117 Å². The van der Waals surface area contributed by atoms with Crippen molar-refractivity contribution in [1.29, 1.82) is 0 Å². The van der Waals surface area contributed by atoms with Crippen LogP contribution in [0.5, 0.6) is 17.2 Å². The Balaban J connectivity index is 2.57. The summed E-state index contributed by atoms with van der Waals surface area (Å²) < 4.78 is 0. The largest absolute Gasteiger partial charge is 0.508 e. The molecule has 3 heteroatoms. The molecule has 0 bridgehead atoms. The van der Waals surface area contributed by atoms with Gasteiger partial charge in [-0.3, -0.25) is 0 Å². The molecule has 1 aromatic rings. The highest BCUT2D eigenvalue weighted by Gasteiger charge is 2.18. The molecule has 0 unspecified atom stereocenters.